The highest BCUT2D eigenvalue weighted by atomic mass is 16.5. The van der Waals surface area contributed by atoms with Gasteiger partial charge in [-0.1, -0.05) is 30.3 Å². The van der Waals surface area contributed by atoms with Crippen molar-refractivity contribution in [3.63, 3.8) is 0 Å². The van der Waals surface area contributed by atoms with Crippen LogP contribution < -0.4 is 20.1 Å². The SMILES string of the molecule is COC(=O)C(NC(=O)Nc1ccc(OC)c(OC)c1)c1ccccc1. The fraction of sp³-hybridized carbons (Fsp3) is 0.222. The Bertz CT molecular complexity index is 734. The summed E-state index contributed by atoms with van der Waals surface area (Å²) in [5.41, 5.74) is 1.11. The highest BCUT2D eigenvalue weighted by Gasteiger charge is 2.23. The lowest BCUT2D eigenvalue weighted by atomic mass is 10.1. The van der Waals surface area contributed by atoms with Crippen LogP contribution in [0, 0.1) is 0 Å². The molecule has 25 heavy (non-hydrogen) atoms. The summed E-state index contributed by atoms with van der Waals surface area (Å²) >= 11 is 0. The molecule has 0 aromatic heterocycles. The first-order valence-electron chi connectivity index (χ1n) is 7.51. The number of ether oxygens (including phenoxy) is 3. The summed E-state index contributed by atoms with van der Waals surface area (Å²) in [6.07, 6.45) is 0. The van der Waals surface area contributed by atoms with Crippen molar-refractivity contribution in [2.75, 3.05) is 26.6 Å². The molecule has 132 valence electrons. The molecule has 0 heterocycles. The number of anilines is 1. The Morgan fingerprint density at radius 1 is 0.920 bits per heavy atom. The first-order valence-corrected chi connectivity index (χ1v) is 7.51. The second kappa shape index (κ2) is 8.58. The Kier molecular flexibility index (Phi) is 6.22. The number of rotatable bonds is 6. The molecule has 0 spiro atoms. The van der Waals surface area contributed by atoms with Gasteiger partial charge in [0, 0.05) is 11.8 Å². The summed E-state index contributed by atoms with van der Waals surface area (Å²) < 4.78 is 15.1. The van der Waals surface area contributed by atoms with E-state index in [1.54, 1.807) is 42.5 Å². The Labute approximate surface area is 145 Å². The highest BCUT2D eigenvalue weighted by Crippen LogP contribution is 2.29. The van der Waals surface area contributed by atoms with Gasteiger partial charge in [0.2, 0.25) is 0 Å². The lowest BCUT2D eigenvalue weighted by Gasteiger charge is -2.17. The number of amides is 2. The van der Waals surface area contributed by atoms with Crippen LogP contribution in [0.5, 0.6) is 11.5 Å². The molecule has 0 radical (unpaired) electrons. The largest absolute Gasteiger partial charge is 0.493 e. The third kappa shape index (κ3) is 4.63. The summed E-state index contributed by atoms with van der Waals surface area (Å²) in [5, 5.41) is 5.26. The summed E-state index contributed by atoms with van der Waals surface area (Å²) in [6.45, 7) is 0. The van der Waals surface area contributed by atoms with E-state index in [1.165, 1.54) is 21.3 Å². The molecule has 0 aliphatic carbocycles. The molecule has 0 aliphatic rings. The third-order valence-electron chi connectivity index (χ3n) is 3.49. The molecule has 0 saturated heterocycles. The maximum absolute atomic E-state index is 12.3. The van der Waals surface area contributed by atoms with Gasteiger partial charge in [0.15, 0.2) is 17.5 Å². The van der Waals surface area contributed by atoms with Crippen molar-refractivity contribution in [1.29, 1.82) is 0 Å². The van der Waals surface area contributed by atoms with Crippen LogP contribution >= 0.6 is 0 Å². The van der Waals surface area contributed by atoms with Crippen molar-refractivity contribution in [3.05, 3.63) is 54.1 Å². The Hall–Kier alpha value is -3.22. The van der Waals surface area contributed by atoms with Gasteiger partial charge in [-0.3, -0.25) is 0 Å². The first-order chi connectivity index (χ1) is 12.1. The number of methoxy groups -OCH3 is 3. The predicted octanol–water partition coefficient (Wildman–Crippen LogP) is 2.74. The van der Waals surface area contributed by atoms with Gasteiger partial charge in [-0.05, 0) is 17.7 Å². The van der Waals surface area contributed by atoms with Crippen molar-refractivity contribution in [2.45, 2.75) is 6.04 Å². The van der Waals surface area contributed by atoms with Crippen molar-refractivity contribution < 1.29 is 23.8 Å². The first kappa shape index (κ1) is 18.1. The second-order valence-corrected chi connectivity index (χ2v) is 5.04. The van der Waals surface area contributed by atoms with E-state index in [2.05, 4.69) is 10.6 Å². The monoisotopic (exact) mass is 344 g/mol. The maximum Gasteiger partial charge on any atom is 0.333 e. The minimum atomic E-state index is -0.911. The van der Waals surface area contributed by atoms with E-state index in [0.717, 1.165) is 0 Å². The van der Waals surface area contributed by atoms with Gasteiger partial charge in [-0.25, -0.2) is 9.59 Å². The van der Waals surface area contributed by atoms with Gasteiger partial charge in [-0.2, -0.15) is 0 Å². The average Bonchev–Trinajstić information content (AvgIpc) is 2.66. The molecule has 2 amide bonds. The quantitative estimate of drug-likeness (QED) is 0.787. The van der Waals surface area contributed by atoms with E-state index in [0.29, 0.717) is 22.7 Å². The molecule has 0 aliphatic heterocycles. The number of nitrogens with one attached hydrogen (secondary N) is 2. The number of carbonyl (C=O) groups excluding carboxylic acids is 2. The number of hydrogen-bond donors (Lipinski definition) is 2. The standard InChI is InChI=1S/C18H20N2O5/c1-23-14-10-9-13(11-15(14)24-2)19-18(22)20-16(17(21)25-3)12-7-5-4-6-8-12/h4-11,16H,1-3H3,(H2,19,20,22). The van der Waals surface area contributed by atoms with Gasteiger partial charge in [-0.15, -0.1) is 0 Å². The van der Waals surface area contributed by atoms with Gasteiger partial charge in [0.05, 0.1) is 21.3 Å². The topological polar surface area (TPSA) is 85.9 Å². The normalized spacial score (nSPS) is 11.2. The molecule has 7 heteroatoms. The average molecular weight is 344 g/mol. The van der Waals surface area contributed by atoms with Crippen LogP contribution in [0.4, 0.5) is 10.5 Å². The summed E-state index contributed by atoms with van der Waals surface area (Å²) in [7, 11) is 4.30. The Balaban J connectivity index is 2.13. The van der Waals surface area contributed by atoms with Gasteiger partial charge in [0.25, 0.3) is 0 Å². The zero-order chi connectivity index (χ0) is 18.2. The van der Waals surface area contributed by atoms with E-state index in [4.69, 9.17) is 14.2 Å². The Morgan fingerprint density at radius 2 is 1.60 bits per heavy atom. The van der Waals surface area contributed by atoms with E-state index < -0.39 is 18.0 Å². The van der Waals surface area contributed by atoms with Crippen molar-refractivity contribution >= 4 is 17.7 Å². The molecular formula is C18H20N2O5. The molecule has 7 nitrogen and oxygen atoms in total. The highest BCUT2D eigenvalue weighted by molar-refractivity contribution is 5.93. The number of carbonyl (C=O) groups is 2. The molecule has 2 aromatic carbocycles. The third-order valence-corrected chi connectivity index (χ3v) is 3.49. The zero-order valence-electron chi connectivity index (χ0n) is 14.2. The van der Waals surface area contributed by atoms with E-state index >= 15 is 0 Å². The van der Waals surface area contributed by atoms with Crippen LogP contribution in [0.25, 0.3) is 0 Å². The molecule has 0 fully saturated rings. The lowest BCUT2D eigenvalue weighted by molar-refractivity contribution is -0.143. The lowest BCUT2D eigenvalue weighted by Crippen LogP contribution is -2.37. The zero-order valence-corrected chi connectivity index (χ0v) is 14.2. The number of esters is 1. The molecule has 1 unspecified atom stereocenters. The molecule has 2 rings (SSSR count). The van der Waals surface area contributed by atoms with Crippen molar-refractivity contribution in [3.8, 4) is 11.5 Å². The number of benzene rings is 2. The number of hydrogen-bond acceptors (Lipinski definition) is 5. The fourth-order valence-electron chi connectivity index (χ4n) is 2.25. The van der Waals surface area contributed by atoms with E-state index in [9.17, 15) is 9.59 Å². The second-order valence-electron chi connectivity index (χ2n) is 5.04. The van der Waals surface area contributed by atoms with Crippen molar-refractivity contribution in [2.24, 2.45) is 0 Å². The van der Waals surface area contributed by atoms with Crippen LogP contribution in [0.15, 0.2) is 48.5 Å². The number of urea groups is 1. The van der Waals surface area contributed by atoms with Crippen LogP contribution in [-0.2, 0) is 9.53 Å². The maximum atomic E-state index is 12.3. The molecular weight excluding hydrogens is 324 g/mol. The predicted molar refractivity (Wildman–Crippen MR) is 92.9 cm³/mol. The fourth-order valence-corrected chi connectivity index (χ4v) is 2.25. The summed E-state index contributed by atoms with van der Waals surface area (Å²) in [6, 6.07) is 12.3. The smallest absolute Gasteiger partial charge is 0.333 e. The molecule has 2 N–H and O–H groups in total. The summed E-state index contributed by atoms with van der Waals surface area (Å²) in [5.74, 6) is 0.465. The van der Waals surface area contributed by atoms with E-state index in [-0.39, 0.29) is 0 Å². The molecule has 2 aromatic rings. The Morgan fingerprint density at radius 3 is 2.20 bits per heavy atom. The van der Waals surface area contributed by atoms with Crippen LogP contribution in [0.2, 0.25) is 0 Å². The van der Waals surface area contributed by atoms with Gasteiger partial charge < -0.3 is 24.8 Å². The molecule has 0 bridgehead atoms. The molecule has 1 atom stereocenters. The van der Waals surface area contributed by atoms with Crippen LogP contribution in [0.1, 0.15) is 11.6 Å². The van der Waals surface area contributed by atoms with E-state index in [1.807, 2.05) is 6.07 Å². The minimum absolute atomic E-state index is 0.480. The van der Waals surface area contributed by atoms with Gasteiger partial charge in [0.1, 0.15) is 0 Å². The minimum Gasteiger partial charge on any atom is -0.493 e. The van der Waals surface area contributed by atoms with Crippen molar-refractivity contribution in [1.82, 2.24) is 5.32 Å². The summed E-state index contributed by atoms with van der Waals surface area (Å²) in [4.78, 5) is 24.3. The van der Waals surface area contributed by atoms with Crippen LogP contribution in [0.3, 0.4) is 0 Å². The van der Waals surface area contributed by atoms with Crippen LogP contribution in [-0.4, -0.2) is 33.3 Å². The van der Waals surface area contributed by atoms with Gasteiger partial charge >= 0.3 is 12.0 Å². The molecule has 0 saturated carbocycles.